The van der Waals surface area contributed by atoms with Gasteiger partial charge in [0.15, 0.2) is 0 Å². The van der Waals surface area contributed by atoms with Gasteiger partial charge in [-0.2, -0.15) is 10.2 Å². The Morgan fingerprint density at radius 3 is 2.94 bits per heavy atom. The van der Waals surface area contributed by atoms with Gasteiger partial charge in [-0.25, -0.2) is 18.3 Å². The summed E-state index contributed by atoms with van der Waals surface area (Å²) in [5.74, 6) is 0.231. The van der Waals surface area contributed by atoms with Gasteiger partial charge in [0.1, 0.15) is 11.7 Å². The average Bonchev–Trinajstić information content (AvgIpc) is 3.57. The monoisotopic (exact) mass is 435 g/mol. The summed E-state index contributed by atoms with van der Waals surface area (Å²) in [5, 5.41) is 20.7. The molecule has 1 unspecified atom stereocenters. The lowest BCUT2D eigenvalue weighted by Crippen LogP contribution is -2.36. The molecule has 0 aliphatic carbocycles. The topological polar surface area (TPSA) is 114 Å². The molecule has 10 nitrogen and oxygen atoms in total. The molecule has 0 spiro atoms. The molecule has 1 aliphatic rings. The largest absolute Gasteiger partial charge is 0.401 e. The summed E-state index contributed by atoms with van der Waals surface area (Å²) in [7, 11) is 0. The molecule has 1 N–H and O–H groups in total. The number of imidazole rings is 1. The van der Waals surface area contributed by atoms with Crippen LogP contribution in [0, 0.1) is 0 Å². The number of H-pyrrole nitrogens is 1. The Kier molecular flexibility index (Phi) is 4.16. The van der Waals surface area contributed by atoms with E-state index in [-0.39, 0.29) is 17.5 Å². The van der Waals surface area contributed by atoms with Crippen LogP contribution in [0.2, 0.25) is 0 Å². The second kappa shape index (κ2) is 7.18. The first-order valence-corrected chi connectivity index (χ1v) is 9.86. The molecule has 5 aromatic heterocycles. The Morgan fingerprint density at radius 1 is 1.16 bits per heavy atom. The molecule has 32 heavy (non-hydrogen) atoms. The van der Waals surface area contributed by atoms with Crippen LogP contribution in [0.15, 0.2) is 53.5 Å². The average molecular weight is 435 g/mol. The molecule has 0 radical (unpaired) electrons. The Hall–Kier alpha value is -4.22. The molecule has 6 rings (SSSR count). The highest BCUT2D eigenvalue weighted by Crippen LogP contribution is 2.37. The Morgan fingerprint density at radius 2 is 2.09 bits per heavy atom. The van der Waals surface area contributed by atoms with Crippen LogP contribution in [0.5, 0.6) is 0 Å². The number of fused-ring (bicyclic) bond motifs is 2. The molecule has 0 amide bonds. The highest BCUT2D eigenvalue weighted by Gasteiger charge is 2.36. The fourth-order valence-corrected chi connectivity index (χ4v) is 4.01. The first-order valence-electron chi connectivity index (χ1n) is 9.86. The Labute approximate surface area is 178 Å². The quantitative estimate of drug-likeness (QED) is 0.458. The third-order valence-electron chi connectivity index (χ3n) is 5.45. The van der Waals surface area contributed by atoms with Crippen molar-refractivity contribution in [2.24, 2.45) is 0 Å². The third-order valence-corrected chi connectivity index (χ3v) is 5.45. The van der Waals surface area contributed by atoms with Gasteiger partial charge in [0.2, 0.25) is 0 Å². The van der Waals surface area contributed by atoms with Gasteiger partial charge in [-0.3, -0.25) is 0 Å². The van der Waals surface area contributed by atoms with E-state index in [1.54, 1.807) is 43.0 Å². The van der Waals surface area contributed by atoms with E-state index in [0.717, 1.165) is 11.4 Å². The Balaban J connectivity index is 1.46. The van der Waals surface area contributed by atoms with Crippen LogP contribution in [-0.4, -0.2) is 46.5 Å². The Bertz CT molecular complexity index is 1390. The number of nitrogens with zero attached hydrogens (tertiary/aromatic N) is 8. The summed E-state index contributed by atoms with van der Waals surface area (Å²) in [5.41, 5.74) is 2.94. The first-order chi connectivity index (χ1) is 15.7. The minimum Gasteiger partial charge on any atom is -0.401 e. The zero-order chi connectivity index (χ0) is 21.7. The molecule has 6 heterocycles. The van der Waals surface area contributed by atoms with Gasteiger partial charge >= 0.3 is 6.01 Å². The molecule has 160 valence electrons. The number of hydrogen-bond donors (Lipinski definition) is 1. The van der Waals surface area contributed by atoms with Gasteiger partial charge in [-0.15, -0.1) is 10.2 Å². The van der Waals surface area contributed by atoms with E-state index in [1.807, 2.05) is 4.90 Å². The number of hydrogen-bond acceptors (Lipinski definition) is 8. The number of anilines is 1. The molecule has 0 aromatic carbocycles. The molecular weight excluding hydrogens is 420 g/mol. The van der Waals surface area contributed by atoms with Gasteiger partial charge in [0.05, 0.1) is 23.2 Å². The summed E-state index contributed by atoms with van der Waals surface area (Å²) in [4.78, 5) is 9.50. The number of aromatic nitrogens is 8. The molecule has 0 saturated heterocycles. The van der Waals surface area contributed by atoms with Gasteiger partial charge in [-0.1, -0.05) is 5.10 Å². The van der Waals surface area contributed by atoms with E-state index in [9.17, 15) is 8.78 Å². The lowest BCUT2D eigenvalue weighted by Gasteiger charge is -2.32. The van der Waals surface area contributed by atoms with Gasteiger partial charge in [0.25, 0.3) is 12.3 Å². The predicted octanol–water partition coefficient (Wildman–Crippen LogP) is 2.99. The summed E-state index contributed by atoms with van der Waals surface area (Å²) in [6.45, 7) is 0.539. The van der Waals surface area contributed by atoms with Crippen LogP contribution in [0.25, 0.3) is 17.1 Å². The van der Waals surface area contributed by atoms with Crippen LogP contribution in [0.1, 0.15) is 35.1 Å². The molecule has 1 aliphatic heterocycles. The van der Waals surface area contributed by atoms with Crippen LogP contribution in [0.4, 0.5) is 14.8 Å². The summed E-state index contributed by atoms with van der Waals surface area (Å²) in [6, 6.07) is 7.81. The van der Waals surface area contributed by atoms with Crippen LogP contribution in [-0.2, 0) is 6.42 Å². The molecule has 5 aromatic rings. The lowest BCUT2D eigenvalue weighted by molar-refractivity contribution is 0.152. The molecule has 12 heteroatoms. The predicted molar refractivity (Wildman–Crippen MR) is 107 cm³/mol. The van der Waals surface area contributed by atoms with E-state index >= 15 is 0 Å². The molecule has 0 fully saturated rings. The van der Waals surface area contributed by atoms with Crippen molar-refractivity contribution in [2.75, 3.05) is 11.4 Å². The van der Waals surface area contributed by atoms with Crippen molar-refractivity contribution in [3.05, 3.63) is 71.7 Å². The standard InChI is InChI=1S/C20H15F2N9O/c21-18(22)11-3-2-7-31-15(11)9-14(29-31)17-16-12(23-10-24-16)5-8-30(17)20-28-27-19(32-20)13-4-1-6-25-26-13/h1-4,6-7,9-10,17-18H,5,8H2,(H,23,24). The normalized spacial score (nSPS) is 16.1. The molecule has 1 atom stereocenters. The second-order valence-corrected chi connectivity index (χ2v) is 7.27. The van der Waals surface area contributed by atoms with Crippen LogP contribution < -0.4 is 4.90 Å². The van der Waals surface area contributed by atoms with E-state index in [4.69, 9.17) is 4.42 Å². The molecular formula is C20H15F2N9O. The van der Waals surface area contributed by atoms with Crippen molar-refractivity contribution in [2.45, 2.75) is 18.9 Å². The smallest absolute Gasteiger partial charge is 0.319 e. The van der Waals surface area contributed by atoms with Gasteiger partial charge in [0, 0.05) is 36.6 Å². The highest BCUT2D eigenvalue weighted by molar-refractivity contribution is 5.58. The van der Waals surface area contributed by atoms with Crippen molar-refractivity contribution in [3.63, 3.8) is 0 Å². The van der Waals surface area contributed by atoms with E-state index in [2.05, 4.69) is 35.5 Å². The number of aromatic amines is 1. The maximum Gasteiger partial charge on any atom is 0.319 e. The van der Waals surface area contributed by atoms with E-state index in [0.29, 0.717) is 29.9 Å². The first kappa shape index (κ1) is 18.5. The number of nitrogens with one attached hydrogen (secondary N) is 1. The zero-order valence-corrected chi connectivity index (χ0v) is 16.4. The van der Waals surface area contributed by atoms with Gasteiger partial charge in [-0.05, 0) is 30.3 Å². The minimum atomic E-state index is -2.61. The SMILES string of the molecule is FC(F)c1cccn2nc(C3c4nc[nH]c4CCN3c3nnc(-c4cccnn4)o3)cc12. The minimum absolute atomic E-state index is 0.0846. The number of alkyl halides is 2. The maximum atomic E-state index is 13.5. The van der Waals surface area contributed by atoms with Gasteiger partial charge < -0.3 is 14.3 Å². The number of halogens is 2. The summed E-state index contributed by atoms with van der Waals surface area (Å²) >= 11 is 0. The molecule has 0 saturated carbocycles. The lowest BCUT2D eigenvalue weighted by atomic mass is 10.00. The number of pyridine rings is 1. The zero-order valence-electron chi connectivity index (χ0n) is 16.4. The summed E-state index contributed by atoms with van der Waals surface area (Å²) < 4.78 is 34.4. The van der Waals surface area contributed by atoms with E-state index < -0.39 is 12.5 Å². The van der Waals surface area contributed by atoms with Crippen molar-refractivity contribution >= 4 is 11.5 Å². The highest BCUT2D eigenvalue weighted by atomic mass is 19.3. The fraction of sp³-hybridized carbons (Fsp3) is 0.200. The van der Waals surface area contributed by atoms with Crippen LogP contribution in [0.3, 0.4) is 0 Å². The van der Waals surface area contributed by atoms with Crippen molar-refractivity contribution in [3.8, 4) is 11.6 Å². The molecule has 0 bridgehead atoms. The van der Waals surface area contributed by atoms with Crippen molar-refractivity contribution in [1.29, 1.82) is 0 Å². The fourth-order valence-electron chi connectivity index (χ4n) is 4.01. The van der Waals surface area contributed by atoms with Crippen molar-refractivity contribution < 1.29 is 13.2 Å². The maximum absolute atomic E-state index is 13.5. The second-order valence-electron chi connectivity index (χ2n) is 7.27. The van der Waals surface area contributed by atoms with Crippen LogP contribution >= 0.6 is 0 Å². The van der Waals surface area contributed by atoms with Crippen molar-refractivity contribution in [1.82, 2.24) is 40.0 Å². The summed E-state index contributed by atoms with van der Waals surface area (Å²) in [6.07, 6.45) is 2.86. The van der Waals surface area contributed by atoms with E-state index in [1.165, 1.54) is 10.6 Å². The third kappa shape index (κ3) is 2.91. The number of rotatable bonds is 4.